The smallest absolute Gasteiger partial charge is 0.306 e. The summed E-state index contributed by atoms with van der Waals surface area (Å²) < 4.78 is -0.374. The highest BCUT2D eigenvalue weighted by atomic mass is 16.4. The summed E-state index contributed by atoms with van der Waals surface area (Å²) in [5, 5.41) is 17.8. The van der Waals surface area contributed by atoms with Crippen molar-refractivity contribution in [3.63, 3.8) is 0 Å². The van der Waals surface area contributed by atoms with Crippen LogP contribution in [-0.2, 0) is 14.4 Å². The molecule has 6 nitrogen and oxygen atoms in total. The zero-order chi connectivity index (χ0) is 12.1. The van der Waals surface area contributed by atoms with Crippen LogP contribution in [-0.4, -0.2) is 52.7 Å². The van der Waals surface area contributed by atoms with Crippen LogP contribution in [0.3, 0.4) is 0 Å². The summed E-state index contributed by atoms with van der Waals surface area (Å²) in [7, 11) is 2.85. The molecule has 0 aromatic rings. The monoisotopic (exact) mass is 214 g/mol. The first kappa shape index (κ1) is 13.3. The molecule has 0 saturated heterocycles. The highest BCUT2D eigenvalue weighted by Crippen LogP contribution is 2.15. The number of carbonyl (C=O) groups is 1. The molecule has 0 rings (SSSR count). The van der Waals surface area contributed by atoms with Gasteiger partial charge in [0.25, 0.3) is 0 Å². The molecular formula is C9H12NO5+. The van der Waals surface area contributed by atoms with Gasteiger partial charge < -0.3 is 10.2 Å². The summed E-state index contributed by atoms with van der Waals surface area (Å²) in [5.41, 5.74) is -0.235. The van der Waals surface area contributed by atoms with Gasteiger partial charge in [0.05, 0.1) is 20.5 Å². The Kier molecular flexibility index (Phi) is 4.64. The normalized spacial score (nSPS) is 12.2. The molecule has 0 fully saturated rings. The Morgan fingerprint density at radius 3 is 2.33 bits per heavy atom. The number of aliphatic hydroxyl groups excluding tert-OH is 1. The second-order valence-electron chi connectivity index (χ2n) is 3.39. The van der Waals surface area contributed by atoms with Gasteiger partial charge in [0.15, 0.2) is 24.2 Å². The number of rotatable bonds is 5. The topological polar surface area (TPSA) is 91.7 Å². The lowest BCUT2D eigenvalue weighted by molar-refractivity contribution is -0.799. The molecule has 0 aliphatic carbocycles. The van der Waals surface area contributed by atoms with Gasteiger partial charge in [-0.25, -0.2) is 9.59 Å². The van der Waals surface area contributed by atoms with Gasteiger partial charge in [0, 0.05) is 0 Å². The van der Waals surface area contributed by atoms with Crippen LogP contribution in [0.4, 0.5) is 0 Å². The highest BCUT2D eigenvalue weighted by Gasteiger charge is 2.30. The standard InChI is InChI=1S/C9H11NO5/c1-10(2,3-4-11)7(6-12)8(13)5-9(14)15/h3,8,13H,5H2,1-2H3/p+1. The Morgan fingerprint density at radius 1 is 1.47 bits per heavy atom. The Bertz CT molecular complexity index is 348. The van der Waals surface area contributed by atoms with Crippen molar-refractivity contribution in [3.05, 3.63) is 11.9 Å². The number of aliphatic hydroxyl groups is 1. The Balaban J connectivity index is 5.01. The Morgan fingerprint density at radius 2 is 2.00 bits per heavy atom. The molecule has 0 radical (unpaired) electrons. The van der Waals surface area contributed by atoms with E-state index in [2.05, 4.69) is 0 Å². The summed E-state index contributed by atoms with van der Waals surface area (Å²) in [6, 6.07) is 0. The lowest BCUT2D eigenvalue weighted by Crippen LogP contribution is -2.39. The third-order valence-electron chi connectivity index (χ3n) is 1.78. The van der Waals surface area contributed by atoms with Crippen LogP contribution in [0.1, 0.15) is 6.42 Å². The summed E-state index contributed by atoms with van der Waals surface area (Å²) in [4.78, 5) is 31.0. The van der Waals surface area contributed by atoms with E-state index in [1.807, 2.05) is 0 Å². The van der Waals surface area contributed by atoms with E-state index >= 15 is 0 Å². The van der Waals surface area contributed by atoms with Crippen molar-refractivity contribution >= 4 is 17.9 Å². The zero-order valence-corrected chi connectivity index (χ0v) is 8.43. The average molecular weight is 214 g/mol. The number of likely N-dealkylation sites (N-methyl/N-ethyl adjacent to an activating group) is 1. The molecule has 0 aliphatic heterocycles. The van der Waals surface area contributed by atoms with E-state index in [4.69, 9.17) is 5.11 Å². The van der Waals surface area contributed by atoms with Crippen molar-refractivity contribution in [3.8, 4) is 0 Å². The summed E-state index contributed by atoms with van der Waals surface area (Å²) >= 11 is 0. The molecule has 0 aromatic carbocycles. The molecule has 2 N–H and O–H groups in total. The maximum absolute atomic E-state index is 10.6. The van der Waals surface area contributed by atoms with Crippen LogP contribution in [0.15, 0.2) is 11.9 Å². The van der Waals surface area contributed by atoms with Crippen molar-refractivity contribution in [2.45, 2.75) is 12.5 Å². The Labute approximate surface area is 86.3 Å². The lowest BCUT2D eigenvalue weighted by atomic mass is 10.1. The van der Waals surface area contributed by atoms with Crippen molar-refractivity contribution in [2.24, 2.45) is 0 Å². The quantitative estimate of drug-likeness (QED) is 0.450. The van der Waals surface area contributed by atoms with Crippen molar-refractivity contribution < 1.29 is 29.1 Å². The van der Waals surface area contributed by atoms with Crippen molar-refractivity contribution in [2.75, 3.05) is 14.1 Å². The highest BCUT2D eigenvalue weighted by molar-refractivity contribution is 5.69. The molecule has 0 amide bonds. The fourth-order valence-corrected chi connectivity index (χ4v) is 1.03. The summed E-state index contributed by atoms with van der Waals surface area (Å²) in [6.07, 6.45) is -1.11. The zero-order valence-electron chi connectivity index (χ0n) is 8.43. The van der Waals surface area contributed by atoms with Gasteiger partial charge in [-0.05, 0) is 0 Å². The van der Waals surface area contributed by atoms with Crippen LogP contribution in [0.25, 0.3) is 0 Å². The van der Waals surface area contributed by atoms with Crippen molar-refractivity contribution in [1.29, 1.82) is 0 Å². The van der Waals surface area contributed by atoms with Crippen LogP contribution in [0, 0.1) is 0 Å². The molecule has 15 heavy (non-hydrogen) atoms. The fourth-order valence-electron chi connectivity index (χ4n) is 1.03. The molecule has 1 atom stereocenters. The second-order valence-corrected chi connectivity index (χ2v) is 3.39. The summed E-state index contributed by atoms with van der Waals surface area (Å²) in [6.45, 7) is 0. The van der Waals surface area contributed by atoms with Gasteiger partial charge in [-0.3, -0.25) is 9.28 Å². The van der Waals surface area contributed by atoms with Gasteiger partial charge in [0.1, 0.15) is 0 Å². The molecular weight excluding hydrogens is 202 g/mol. The molecule has 0 heterocycles. The van der Waals surface area contributed by atoms with E-state index in [1.54, 1.807) is 0 Å². The predicted octanol–water partition coefficient (Wildman–Crippen LogP) is -1.04. The average Bonchev–Trinajstić information content (AvgIpc) is 2.02. The minimum atomic E-state index is -1.47. The molecule has 0 bridgehead atoms. The minimum absolute atomic E-state index is 0.235. The van der Waals surface area contributed by atoms with Gasteiger partial charge in [-0.2, -0.15) is 0 Å². The van der Waals surface area contributed by atoms with Gasteiger partial charge in [0.2, 0.25) is 5.70 Å². The van der Waals surface area contributed by atoms with E-state index in [1.165, 1.54) is 26.0 Å². The summed E-state index contributed by atoms with van der Waals surface area (Å²) in [5.74, 6) is 1.67. The third-order valence-corrected chi connectivity index (χ3v) is 1.78. The van der Waals surface area contributed by atoms with Crippen molar-refractivity contribution in [1.82, 2.24) is 0 Å². The molecule has 0 saturated carbocycles. The van der Waals surface area contributed by atoms with E-state index in [0.29, 0.717) is 0 Å². The number of carboxylic acid groups (broad SMARTS) is 1. The molecule has 0 aromatic heterocycles. The van der Waals surface area contributed by atoms with Crippen LogP contribution in [0.5, 0.6) is 0 Å². The minimum Gasteiger partial charge on any atom is -0.481 e. The van der Waals surface area contributed by atoms with Crippen LogP contribution in [0.2, 0.25) is 0 Å². The van der Waals surface area contributed by atoms with E-state index in [9.17, 15) is 19.5 Å². The number of hydrogen-bond acceptors (Lipinski definition) is 4. The van der Waals surface area contributed by atoms with E-state index in [0.717, 1.165) is 6.20 Å². The maximum atomic E-state index is 10.6. The third kappa shape index (κ3) is 3.89. The van der Waals surface area contributed by atoms with Gasteiger partial charge in [-0.1, -0.05) is 0 Å². The maximum Gasteiger partial charge on any atom is 0.306 e. The number of aliphatic carboxylic acids is 1. The molecule has 6 heteroatoms. The Hall–Kier alpha value is -1.71. The van der Waals surface area contributed by atoms with Crippen LogP contribution < -0.4 is 0 Å². The molecule has 0 aliphatic rings. The van der Waals surface area contributed by atoms with Gasteiger partial charge >= 0.3 is 5.97 Å². The first-order chi connectivity index (χ1) is 6.85. The first-order valence-corrected chi connectivity index (χ1v) is 4.06. The molecule has 1 unspecified atom stereocenters. The van der Waals surface area contributed by atoms with Gasteiger partial charge in [-0.15, -0.1) is 0 Å². The molecule has 0 spiro atoms. The first-order valence-electron chi connectivity index (χ1n) is 4.06. The number of carbonyl (C=O) groups excluding carboxylic acids is 2. The second kappa shape index (κ2) is 5.24. The fraction of sp³-hybridized carbons (Fsp3) is 0.444. The number of nitrogens with zero attached hydrogens (tertiary/aromatic N) is 1. The van der Waals surface area contributed by atoms with E-state index < -0.39 is 18.5 Å². The predicted molar refractivity (Wildman–Crippen MR) is 49.8 cm³/mol. The van der Waals surface area contributed by atoms with E-state index in [-0.39, 0.29) is 10.2 Å². The lowest BCUT2D eigenvalue weighted by Gasteiger charge is -2.25. The van der Waals surface area contributed by atoms with Crippen LogP contribution >= 0.6 is 0 Å². The molecule has 82 valence electrons. The SMILES string of the molecule is C[N+](C)(C=C=O)C(=C=O)C(O)CC(=O)O. The number of hydrogen-bond donors (Lipinski definition) is 2. The number of carboxylic acids is 1. The number of quaternary nitrogens is 1. The largest absolute Gasteiger partial charge is 0.481 e.